The van der Waals surface area contributed by atoms with Gasteiger partial charge in [-0.25, -0.2) is 9.38 Å². The van der Waals surface area contributed by atoms with Crippen molar-refractivity contribution in [2.24, 2.45) is 16.6 Å². The van der Waals surface area contributed by atoms with Crippen molar-refractivity contribution in [1.82, 2.24) is 5.32 Å². The zero-order valence-electron chi connectivity index (χ0n) is 11.3. The summed E-state index contributed by atoms with van der Waals surface area (Å²) in [5, 5.41) is 3.06. The normalized spacial score (nSPS) is 11.9. The minimum Gasteiger partial charge on any atom is -0.370 e. The van der Waals surface area contributed by atoms with Gasteiger partial charge in [0.05, 0.1) is 6.54 Å². The number of nitrogens with one attached hydrogen (secondary N) is 1. The molecule has 0 fully saturated rings. The van der Waals surface area contributed by atoms with Crippen molar-refractivity contribution in [3.63, 3.8) is 0 Å². The first-order valence-corrected chi connectivity index (χ1v) is 6.28. The van der Waals surface area contributed by atoms with Gasteiger partial charge >= 0.3 is 0 Å². The number of guanidine groups is 1. The van der Waals surface area contributed by atoms with E-state index in [-0.39, 0.29) is 5.82 Å². The number of aliphatic imine (C=N–C) groups is 1. The Kier molecular flexibility index (Phi) is 5.62. The van der Waals surface area contributed by atoms with Crippen molar-refractivity contribution in [3.8, 4) is 0 Å². The van der Waals surface area contributed by atoms with Crippen LogP contribution in [0, 0.1) is 18.7 Å². The lowest BCUT2D eigenvalue weighted by Crippen LogP contribution is -2.32. The molecule has 0 bridgehead atoms. The third-order valence-corrected chi connectivity index (χ3v) is 2.68. The summed E-state index contributed by atoms with van der Waals surface area (Å²) in [4.78, 5) is 4.22. The van der Waals surface area contributed by atoms with E-state index in [0.29, 0.717) is 24.0 Å². The molecule has 3 N–H and O–H groups in total. The Hall–Kier alpha value is -1.58. The Morgan fingerprint density at radius 2 is 2.17 bits per heavy atom. The van der Waals surface area contributed by atoms with E-state index in [2.05, 4.69) is 24.2 Å². The zero-order chi connectivity index (χ0) is 13.5. The van der Waals surface area contributed by atoms with Crippen molar-refractivity contribution in [3.05, 3.63) is 35.1 Å². The Morgan fingerprint density at radius 3 is 2.78 bits per heavy atom. The van der Waals surface area contributed by atoms with Crippen molar-refractivity contribution in [2.75, 3.05) is 6.54 Å². The van der Waals surface area contributed by atoms with Gasteiger partial charge < -0.3 is 11.1 Å². The molecule has 18 heavy (non-hydrogen) atoms. The van der Waals surface area contributed by atoms with Crippen LogP contribution in [0.15, 0.2) is 23.2 Å². The fourth-order valence-corrected chi connectivity index (χ4v) is 1.53. The van der Waals surface area contributed by atoms with E-state index in [9.17, 15) is 4.39 Å². The van der Waals surface area contributed by atoms with E-state index in [1.54, 1.807) is 19.1 Å². The second kappa shape index (κ2) is 6.99. The lowest BCUT2D eigenvalue weighted by atomic mass is 10.1. The molecule has 0 aromatic heterocycles. The Labute approximate surface area is 108 Å². The van der Waals surface area contributed by atoms with E-state index < -0.39 is 0 Å². The van der Waals surface area contributed by atoms with Crippen molar-refractivity contribution in [1.29, 1.82) is 0 Å². The lowest BCUT2D eigenvalue weighted by molar-refractivity contribution is 0.576. The second-order valence-electron chi connectivity index (χ2n) is 4.89. The van der Waals surface area contributed by atoms with E-state index in [0.717, 1.165) is 18.5 Å². The van der Waals surface area contributed by atoms with Crippen LogP contribution in [0.5, 0.6) is 0 Å². The van der Waals surface area contributed by atoms with Crippen LogP contribution in [0.1, 0.15) is 31.4 Å². The molecule has 1 aromatic rings. The van der Waals surface area contributed by atoms with Gasteiger partial charge in [-0.1, -0.05) is 26.0 Å². The molecular weight excluding hydrogens is 229 g/mol. The van der Waals surface area contributed by atoms with E-state index in [1.165, 1.54) is 6.07 Å². The zero-order valence-corrected chi connectivity index (χ0v) is 11.3. The minimum absolute atomic E-state index is 0.189. The summed E-state index contributed by atoms with van der Waals surface area (Å²) < 4.78 is 13.1. The molecule has 0 aliphatic rings. The molecule has 0 spiro atoms. The first-order chi connectivity index (χ1) is 8.49. The molecule has 0 atom stereocenters. The van der Waals surface area contributed by atoms with Gasteiger partial charge in [-0.05, 0) is 36.5 Å². The van der Waals surface area contributed by atoms with Gasteiger partial charge in [0.15, 0.2) is 5.96 Å². The van der Waals surface area contributed by atoms with Crippen LogP contribution < -0.4 is 11.1 Å². The number of nitrogens with two attached hydrogens (primary N) is 1. The number of hydrogen-bond donors (Lipinski definition) is 2. The number of rotatable bonds is 5. The molecule has 1 aromatic carbocycles. The molecule has 0 aliphatic heterocycles. The summed E-state index contributed by atoms with van der Waals surface area (Å²) in [5.41, 5.74) is 7.33. The molecule has 0 amide bonds. The van der Waals surface area contributed by atoms with Gasteiger partial charge in [0.25, 0.3) is 0 Å². The standard InChI is InChI=1S/C14H22FN3/c1-10(2)6-7-17-14(16)18-9-12-4-5-13(15)11(3)8-12/h4-5,8,10H,6-7,9H2,1-3H3,(H3,16,17,18). The average Bonchev–Trinajstić information content (AvgIpc) is 2.30. The summed E-state index contributed by atoms with van der Waals surface area (Å²) in [6.45, 7) is 7.37. The van der Waals surface area contributed by atoms with Crippen LogP contribution in [-0.2, 0) is 6.54 Å². The first-order valence-electron chi connectivity index (χ1n) is 6.28. The van der Waals surface area contributed by atoms with Gasteiger partial charge in [-0.3, -0.25) is 0 Å². The first kappa shape index (κ1) is 14.5. The maximum atomic E-state index is 13.1. The maximum Gasteiger partial charge on any atom is 0.188 e. The van der Waals surface area contributed by atoms with Crippen LogP contribution in [0.25, 0.3) is 0 Å². The summed E-state index contributed by atoms with van der Waals surface area (Å²) in [6.07, 6.45) is 1.06. The maximum absolute atomic E-state index is 13.1. The molecule has 0 heterocycles. The molecule has 0 radical (unpaired) electrons. The number of aryl methyl sites for hydroxylation is 1. The number of nitrogens with zero attached hydrogens (tertiary/aromatic N) is 1. The summed E-state index contributed by atoms with van der Waals surface area (Å²) in [6, 6.07) is 4.98. The van der Waals surface area contributed by atoms with Gasteiger partial charge in [0.1, 0.15) is 5.82 Å². The fraction of sp³-hybridized carbons (Fsp3) is 0.500. The van der Waals surface area contributed by atoms with Gasteiger partial charge in [0.2, 0.25) is 0 Å². The van der Waals surface area contributed by atoms with Crippen molar-refractivity contribution < 1.29 is 4.39 Å². The minimum atomic E-state index is -0.189. The molecule has 100 valence electrons. The summed E-state index contributed by atoms with van der Waals surface area (Å²) in [5.74, 6) is 0.897. The topological polar surface area (TPSA) is 50.4 Å². The molecule has 4 heteroatoms. The smallest absolute Gasteiger partial charge is 0.188 e. The van der Waals surface area contributed by atoms with Crippen molar-refractivity contribution in [2.45, 2.75) is 33.7 Å². The Morgan fingerprint density at radius 1 is 1.44 bits per heavy atom. The highest BCUT2D eigenvalue weighted by Crippen LogP contribution is 2.09. The number of halogens is 1. The van der Waals surface area contributed by atoms with E-state index in [1.807, 2.05) is 0 Å². The highest BCUT2D eigenvalue weighted by Gasteiger charge is 1.99. The largest absolute Gasteiger partial charge is 0.370 e. The Balaban J connectivity index is 2.44. The van der Waals surface area contributed by atoms with Gasteiger partial charge in [0, 0.05) is 6.54 Å². The quantitative estimate of drug-likeness (QED) is 0.624. The van der Waals surface area contributed by atoms with Gasteiger partial charge in [-0.15, -0.1) is 0 Å². The van der Waals surface area contributed by atoms with Crippen LogP contribution in [0.4, 0.5) is 4.39 Å². The molecule has 0 unspecified atom stereocenters. The predicted molar refractivity (Wildman–Crippen MR) is 73.9 cm³/mol. The highest BCUT2D eigenvalue weighted by molar-refractivity contribution is 5.77. The second-order valence-corrected chi connectivity index (χ2v) is 4.89. The summed E-state index contributed by atoms with van der Waals surface area (Å²) in [7, 11) is 0. The van der Waals surface area contributed by atoms with Gasteiger partial charge in [-0.2, -0.15) is 0 Å². The van der Waals surface area contributed by atoms with E-state index in [4.69, 9.17) is 5.73 Å². The van der Waals surface area contributed by atoms with Crippen LogP contribution in [0.2, 0.25) is 0 Å². The predicted octanol–water partition coefficient (Wildman–Crippen LogP) is 2.58. The molecule has 0 aliphatic carbocycles. The Bertz CT molecular complexity index is 414. The highest BCUT2D eigenvalue weighted by atomic mass is 19.1. The third kappa shape index (κ3) is 5.17. The molecule has 0 saturated carbocycles. The lowest BCUT2D eigenvalue weighted by Gasteiger charge is -2.07. The van der Waals surface area contributed by atoms with Crippen LogP contribution in [-0.4, -0.2) is 12.5 Å². The number of benzene rings is 1. The molecule has 1 rings (SSSR count). The molecule has 0 saturated heterocycles. The number of hydrogen-bond acceptors (Lipinski definition) is 1. The van der Waals surface area contributed by atoms with Crippen LogP contribution >= 0.6 is 0 Å². The monoisotopic (exact) mass is 251 g/mol. The average molecular weight is 251 g/mol. The molecular formula is C14H22FN3. The summed E-state index contributed by atoms with van der Waals surface area (Å²) >= 11 is 0. The SMILES string of the molecule is Cc1cc(CN=C(N)NCCC(C)C)ccc1F. The van der Waals surface area contributed by atoms with E-state index >= 15 is 0 Å². The van der Waals surface area contributed by atoms with Crippen LogP contribution in [0.3, 0.4) is 0 Å². The van der Waals surface area contributed by atoms with Crippen molar-refractivity contribution >= 4 is 5.96 Å². The molecule has 3 nitrogen and oxygen atoms in total. The fourth-order valence-electron chi connectivity index (χ4n) is 1.53. The third-order valence-electron chi connectivity index (χ3n) is 2.68.